The average Bonchev–Trinajstić information content (AvgIpc) is 3.56. The third kappa shape index (κ3) is 6.46. The lowest BCUT2D eigenvalue weighted by Crippen LogP contribution is -2.31. The number of nitrogens with zero attached hydrogens (tertiary/aromatic N) is 1. The molecule has 0 spiro atoms. The number of hydrogen-bond donors (Lipinski definition) is 3. The molecule has 6 rings (SSSR count). The molecule has 44 heavy (non-hydrogen) atoms. The van der Waals surface area contributed by atoms with Gasteiger partial charge in [-0.2, -0.15) is 0 Å². The molecular formula is C34H25IN4O4S. The Kier molecular flexibility index (Phi) is 8.62. The van der Waals surface area contributed by atoms with Crippen molar-refractivity contribution in [3.05, 3.63) is 130 Å². The number of aromatic nitrogens is 1. The van der Waals surface area contributed by atoms with Crippen LogP contribution in [0.2, 0.25) is 0 Å². The Bertz CT molecular complexity index is 1920. The fraction of sp³-hybridized carbons (Fsp3) is 0.0588. The zero-order valence-electron chi connectivity index (χ0n) is 23.1. The van der Waals surface area contributed by atoms with Crippen molar-refractivity contribution in [3.63, 3.8) is 0 Å². The molecule has 0 saturated carbocycles. The lowest BCUT2D eigenvalue weighted by molar-refractivity contribution is -0.121. The molecule has 0 bridgehead atoms. The third-order valence-electron chi connectivity index (χ3n) is 7.01. The van der Waals surface area contributed by atoms with Crippen molar-refractivity contribution < 1.29 is 19.2 Å². The summed E-state index contributed by atoms with van der Waals surface area (Å²) < 4.78 is 1.01. The second-order valence-corrected chi connectivity index (χ2v) is 12.5. The van der Waals surface area contributed by atoms with Crippen LogP contribution in [0.4, 0.5) is 11.4 Å². The van der Waals surface area contributed by atoms with Gasteiger partial charge in [-0.15, -0.1) is 11.8 Å². The van der Waals surface area contributed by atoms with Gasteiger partial charge >= 0.3 is 0 Å². The van der Waals surface area contributed by atoms with Crippen molar-refractivity contribution in [1.29, 1.82) is 0 Å². The van der Waals surface area contributed by atoms with Crippen LogP contribution in [0.25, 0.3) is 17.0 Å². The van der Waals surface area contributed by atoms with Gasteiger partial charge in [0.05, 0.1) is 10.9 Å². The van der Waals surface area contributed by atoms with Gasteiger partial charge in [0, 0.05) is 48.8 Å². The summed E-state index contributed by atoms with van der Waals surface area (Å²) in [6.07, 6.45) is 3.49. The quantitative estimate of drug-likeness (QED) is 0.0954. The van der Waals surface area contributed by atoms with E-state index in [1.54, 1.807) is 66.9 Å². The lowest BCUT2D eigenvalue weighted by atomic mass is 10.1. The molecule has 1 aromatic heterocycles. The van der Waals surface area contributed by atoms with Gasteiger partial charge in [-0.3, -0.25) is 19.2 Å². The minimum atomic E-state index is -0.588. The molecule has 1 atom stereocenters. The number of carbonyl (C=O) groups is 4. The largest absolute Gasteiger partial charge is 0.361 e. The fourth-order valence-corrected chi connectivity index (χ4v) is 6.35. The zero-order valence-corrected chi connectivity index (χ0v) is 26.1. The fourth-order valence-electron chi connectivity index (χ4n) is 4.88. The molecule has 1 aliphatic heterocycles. The van der Waals surface area contributed by atoms with E-state index >= 15 is 0 Å². The van der Waals surface area contributed by atoms with Gasteiger partial charge in [-0.05, 0) is 89.3 Å². The van der Waals surface area contributed by atoms with E-state index in [0.717, 1.165) is 20.0 Å². The predicted molar refractivity (Wildman–Crippen MR) is 181 cm³/mol. The summed E-state index contributed by atoms with van der Waals surface area (Å²) >= 11 is 3.45. The second-order valence-electron chi connectivity index (χ2n) is 10.0. The topological polar surface area (TPSA) is 111 Å². The van der Waals surface area contributed by atoms with Crippen molar-refractivity contribution in [3.8, 4) is 0 Å². The van der Waals surface area contributed by atoms with Gasteiger partial charge in [-0.1, -0.05) is 42.5 Å². The summed E-state index contributed by atoms with van der Waals surface area (Å²) in [4.78, 5) is 57.7. The van der Waals surface area contributed by atoms with E-state index in [1.807, 2.05) is 48.5 Å². The van der Waals surface area contributed by atoms with Gasteiger partial charge in [0.1, 0.15) is 5.70 Å². The summed E-state index contributed by atoms with van der Waals surface area (Å²) in [6, 6.07) is 30.6. The van der Waals surface area contributed by atoms with Crippen LogP contribution in [0.1, 0.15) is 22.3 Å². The van der Waals surface area contributed by atoms with Crippen molar-refractivity contribution in [2.45, 2.75) is 16.6 Å². The highest BCUT2D eigenvalue weighted by molar-refractivity contribution is 14.1. The maximum Gasteiger partial charge on any atom is 0.272 e. The number of halogens is 1. The number of para-hydroxylation sites is 1. The van der Waals surface area contributed by atoms with Crippen LogP contribution in [-0.4, -0.2) is 33.9 Å². The van der Waals surface area contributed by atoms with Gasteiger partial charge in [0.15, 0.2) is 0 Å². The Morgan fingerprint density at radius 1 is 0.909 bits per heavy atom. The number of amides is 4. The normalized spacial score (nSPS) is 15.1. The third-order valence-corrected chi connectivity index (χ3v) is 8.91. The predicted octanol–water partition coefficient (Wildman–Crippen LogP) is 6.61. The highest BCUT2D eigenvalue weighted by atomic mass is 127. The van der Waals surface area contributed by atoms with Crippen molar-refractivity contribution in [2.75, 3.05) is 10.2 Å². The van der Waals surface area contributed by atoms with Crippen LogP contribution in [0.3, 0.4) is 0 Å². The van der Waals surface area contributed by atoms with Crippen LogP contribution in [-0.2, 0) is 14.4 Å². The van der Waals surface area contributed by atoms with E-state index in [4.69, 9.17) is 0 Å². The molecule has 1 saturated heterocycles. The molecule has 0 radical (unpaired) electrons. The summed E-state index contributed by atoms with van der Waals surface area (Å²) in [5.41, 5.74) is 3.15. The van der Waals surface area contributed by atoms with E-state index in [0.29, 0.717) is 21.8 Å². The van der Waals surface area contributed by atoms with Gasteiger partial charge < -0.3 is 15.6 Å². The van der Waals surface area contributed by atoms with Crippen LogP contribution in [0.5, 0.6) is 0 Å². The second kappa shape index (κ2) is 12.9. The highest BCUT2D eigenvalue weighted by Gasteiger charge is 2.40. The number of thioether (sulfide) groups is 1. The number of fused-ring (bicyclic) bond motifs is 1. The summed E-state index contributed by atoms with van der Waals surface area (Å²) in [6.45, 7) is 0. The maximum absolute atomic E-state index is 13.6. The Morgan fingerprint density at radius 3 is 2.45 bits per heavy atom. The molecule has 3 N–H and O–H groups in total. The standard InChI is InChI=1S/C34H25IN4O4S/c35-23-13-15-25(16-14-23)39-31(40)19-30(34(39)43)44-26-10-6-9-24(18-26)37-33(42)29(38-32(41)21-7-2-1-3-8-21)17-22-20-36-28-12-5-4-11-27(22)28/h1-18,20,30,36H,19H2,(H,37,42)(H,38,41)/b29-17-. The molecule has 1 aliphatic rings. The molecular weight excluding hydrogens is 687 g/mol. The van der Waals surface area contributed by atoms with Crippen LogP contribution in [0.15, 0.2) is 120 Å². The number of anilines is 2. The molecule has 0 aliphatic carbocycles. The Labute approximate surface area is 271 Å². The average molecular weight is 713 g/mol. The lowest BCUT2D eigenvalue weighted by Gasteiger charge is -2.15. The first kappa shape index (κ1) is 29.4. The number of rotatable bonds is 8. The van der Waals surface area contributed by atoms with E-state index in [2.05, 4.69) is 38.2 Å². The van der Waals surface area contributed by atoms with E-state index < -0.39 is 17.1 Å². The van der Waals surface area contributed by atoms with E-state index in [-0.39, 0.29) is 23.9 Å². The van der Waals surface area contributed by atoms with Gasteiger partial charge in [0.2, 0.25) is 11.8 Å². The molecule has 5 aromatic rings. The molecule has 4 amide bonds. The summed E-state index contributed by atoms with van der Waals surface area (Å²) in [7, 11) is 0. The van der Waals surface area contributed by atoms with Crippen molar-refractivity contribution in [2.24, 2.45) is 0 Å². The molecule has 10 heteroatoms. The maximum atomic E-state index is 13.6. The first-order chi connectivity index (χ1) is 21.4. The molecule has 2 heterocycles. The van der Waals surface area contributed by atoms with E-state index in [9.17, 15) is 19.2 Å². The Morgan fingerprint density at radius 2 is 1.66 bits per heavy atom. The minimum absolute atomic E-state index is 0.0615. The number of benzene rings is 4. The smallest absolute Gasteiger partial charge is 0.272 e. The number of imide groups is 1. The number of carbonyl (C=O) groups excluding carboxylic acids is 4. The summed E-state index contributed by atoms with van der Waals surface area (Å²) in [5.74, 6) is -1.46. The van der Waals surface area contributed by atoms with Crippen LogP contribution >= 0.6 is 34.4 Å². The number of aromatic amines is 1. The van der Waals surface area contributed by atoms with Crippen LogP contribution < -0.4 is 15.5 Å². The molecule has 218 valence electrons. The van der Waals surface area contributed by atoms with Crippen molar-refractivity contribution in [1.82, 2.24) is 10.3 Å². The first-order valence-corrected chi connectivity index (χ1v) is 15.7. The van der Waals surface area contributed by atoms with Crippen molar-refractivity contribution >= 4 is 86.3 Å². The highest BCUT2D eigenvalue weighted by Crippen LogP contribution is 2.35. The number of H-pyrrole nitrogens is 1. The minimum Gasteiger partial charge on any atom is -0.361 e. The molecule has 1 unspecified atom stereocenters. The molecule has 1 fully saturated rings. The van der Waals surface area contributed by atoms with Gasteiger partial charge in [0.25, 0.3) is 11.8 Å². The Hall–Kier alpha value is -4.68. The number of hydrogen-bond acceptors (Lipinski definition) is 5. The Balaban J connectivity index is 1.21. The van der Waals surface area contributed by atoms with Crippen LogP contribution in [0, 0.1) is 3.57 Å². The SMILES string of the molecule is O=C(Nc1cccc(SC2CC(=O)N(c3ccc(I)cc3)C2=O)c1)/C(=C/c1c[nH]c2ccccc12)NC(=O)c1ccccc1. The molecule has 4 aromatic carbocycles. The monoisotopic (exact) mass is 712 g/mol. The van der Waals surface area contributed by atoms with E-state index in [1.165, 1.54) is 16.7 Å². The number of nitrogens with one attached hydrogen (secondary N) is 3. The summed E-state index contributed by atoms with van der Waals surface area (Å²) in [5, 5.41) is 5.96. The van der Waals surface area contributed by atoms with Gasteiger partial charge in [-0.25, -0.2) is 4.90 Å². The first-order valence-electron chi connectivity index (χ1n) is 13.7. The molecule has 8 nitrogen and oxygen atoms in total. The zero-order chi connectivity index (χ0) is 30.6.